The molecule has 1 N–H and O–H groups in total. The normalized spacial score (nSPS) is 23.1. The van der Waals surface area contributed by atoms with E-state index in [1.54, 1.807) is 0 Å². The summed E-state index contributed by atoms with van der Waals surface area (Å²) in [5, 5.41) is 3.13. The van der Waals surface area contributed by atoms with Gasteiger partial charge in [0.05, 0.1) is 0 Å². The third-order valence-corrected chi connectivity index (χ3v) is 7.50. The van der Waals surface area contributed by atoms with Gasteiger partial charge < -0.3 is 15.1 Å². The van der Waals surface area contributed by atoms with Crippen molar-refractivity contribution in [3.8, 4) is 0 Å². The van der Waals surface area contributed by atoms with Crippen LogP contribution in [0, 0.1) is 17.8 Å². The molecule has 0 bridgehead atoms. The summed E-state index contributed by atoms with van der Waals surface area (Å²) in [6, 6.07) is 0.596. The predicted octanol–water partition coefficient (Wildman–Crippen LogP) is 3.82. The van der Waals surface area contributed by atoms with Crippen LogP contribution in [-0.2, 0) is 9.59 Å². The summed E-state index contributed by atoms with van der Waals surface area (Å²) < 4.78 is 0. The molecule has 29 heavy (non-hydrogen) atoms. The third-order valence-electron chi connectivity index (χ3n) is 7.50. The van der Waals surface area contributed by atoms with Crippen molar-refractivity contribution in [2.45, 2.75) is 90.5 Å². The fourth-order valence-corrected chi connectivity index (χ4v) is 5.42. The Labute approximate surface area is 178 Å². The van der Waals surface area contributed by atoms with Crippen LogP contribution in [-0.4, -0.2) is 60.4 Å². The molecule has 2 saturated heterocycles. The van der Waals surface area contributed by atoms with E-state index in [1.807, 2.05) is 0 Å². The lowest BCUT2D eigenvalue weighted by atomic mass is 9.92. The van der Waals surface area contributed by atoms with Crippen molar-refractivity contribution in [3.63, 3.8) is 0 Å². The second-order valence-corrected chi connectivity index (χ2v) is 10.1. The highest BCUT2D eigenvalue weighted by atomic mass is 16.2. The average molecular weight is 406 g/mol. The Kier molecular flexibility index (Phi) is 8.83. The number of nitrogens with zero attached hydrogens (tertiary/aromatic N) is 2. The molecule has 0 aromatic heterocycles. The van der Waals surface area contributed by atoms with E-state index < -0.39 is 0 Å². The Hall–Kier alpha value is -1.10. The van der Waals surface area contributed by atoms with E-state index in [0.29, 0.717) is 17.9 Å². The maximum Gasteiger partial charge on any atom is 0.223 e. The van der Waals surface area contributed by atoms with Crippen molar-refractivity contribution in [1.29, 1.82) is 0 Å². The highest BCUT2D eigenvalue weighted by Gasteiger charge is 2.31. The average Bonchev–Trinajstić information content (AvgIpc) is 3.25. The topological polar surface area (TPSA) is 52.7 Å². The number of amides is 2. The van der Waals surface area contributed by atoms with Gasteiger partial charge in [-0.1, -0.05) is 39.5 Å². The van der Waals surface area contributed by atoms with Gasteiger partial charge in [0.15, 0.2) is 0 Å². The van der Waals surface area contributed by atoms with Crippen molar-refractivity contribution in [2.75, 3.05) is 32.7 Å². The second kappa shape index (κ2) is 11.3. The first kappa shape index (κ1) is 22.6. The van der Waals surface area contributed by atoms with E-state index in [0.717, 1.165) is 83.6 Å². The van der Waals surface area contributed by atoms with Gasteiger partial charge in [-0.25, -0.2) is 0 Å². The molecule has 166 valence electrons. The third kappa shape index (κ3) is 6.97. The van der Waals surface area contributed by atoms with Crippen LogP contribution in [0.3, 0.4) is 0 Å². The van der Waals surface area contributed by atoms with Gasteiger partial charge in [0.2, 0.25) is 11.8 Å². The molecule has 5 heteroatoms. The van der Waals surface area contributed by atoms with Gasteiger partial charge in [-0.3, -0.25) is 9.59 Å². The minimum absolute atomic E-state index is 0.190. The van der Waals surface area contributed by atoms with E-state index in [-0.39, 0.29) is 11.8 Å². The zero-order valence-corrected chi connectivity index (χ0v) is 18.8. The molecule has 0 aromatic rings. The maximum atomic E-state index is 12.6. The molecule has 1 aliphatic carbocycles. The molecule has 2 aliphatic heterocycles. The maximum absolute atomic E-state index is 12.6. The first-order valence-electron chi connectivity index (χ1n) is 12.3. The molecule has 2 heterocycles. The summed E-state index contributed by atoms with van der Waals surface area (Å²) in [6.45, 7) is 9.10. The SMILES string of the molecule is CC(C)CCNC(=O)C1CCN(C2CCN(C(=O)CCC3CCCC3)CC2)CC1. The fraction of sp³-hybridized carbons (Fsp3) is 0.917. The Balaban J connectivity index is 1.31. The zero-order valence-electron chi connectivity index (χ0n) is 18.8. The highest BCUT2D eigenvalue weighted by molar-refractivity contribution is 5.78. The van der Waals surface area contributed by atoms with Crippen LogP contribution in [0.5, 0.6) is 0 Å². The largest absolute Gasteiger partial charge is 0.356 e. The molecule has 3 aliphatic rings. The second-order valence-electron chi connectivity index (χ2n) is 10.1. The summed E-state index contributed by atoms with van der Waals surface area (Å²) in [6.07, 6.45) is 12.5. The van der Waals surface area contributed by atoms with E-state index >= 15 is 0 Å². The van der Waals surface area contributed by atoms with E-state index in [4.69, 9.17) is 0 Å². The van der Waals surface area contributed by atoms with Gasteiger partial charge in [0.1, 0.15) is 0 Å². The molecule has 5 nitrogen and oxygen atoms in total. The number of nitrogens with one attached hydrogen (secondary N) is 1. The first-order valence-corrected chi connectivity index (χ1v) is 12.3. The fourth-order valence-electron chi connectivity index (χ4n) is 5.42. The molecule has 0 unspecified atom stereocenters. The number of hydrogen-bond acceptors (Lipinski definition) is 3. The minimum atomic E-state index is 0.190. The lowest BCUT2D eigenvalue weighted by Gasteiger charge is -2.41. The quantitative estimate of drug-likeness (QED) is 0.668. The standard InChI is InChI=1S/C24H43N3O2/c1-19(2)9-14-25-24(29)21-10-15-26(16-11-21)22-12-17-27(18-13-22)23(28)8-7-20-5-3-4-6-20/h19-22H,3-18H2,1-2H3,(H,25,29). The van der Waals surface area contributed by atoms with Gasteiger partial charge in [0.25, 0.3) is 0 Å². The van der Waals surface area contributed by atoms with E-state index in [1.165, 1.54) is 25.7 Å². The molecular formula is C24H43N3O2. The van der Waals surface area contributed by atoms with Crippen LogP contribution in [0.2, 0.25) is 0 Å². The van der Waals surface area contributed by atoms with Crippen molar-refractivity contribution in [2.24, 2.45) is 17.8 Å². The molecular weight excluding hydrogens is 362 g/mol. The van der Waals surface area contributed by atoms with Crippen LogP contribution in [0.15, 0.2) is 0 Å². The lowest BCUT2D eigenvalue weighted by molar-refractivity contribution is -0.133. The van der Waals surface area contributed by atoms with Crippen LogP contribution >= 0.6 is 0 Å². The van der Waals surface area contributed by atoms with E-state index in [9.17, 15) is 9.59 Å². The highest BCUT2D eigenvalue weighted by Crippen LogP contribution is 2.29. The molecule has 1 saturated carbocycles. The number of piperidine rings is 2. The van der Waals surface area contributed by atoms with Gasteiger partial charge in [0, 0.05) is 38.0 Å². The van der Waals surface area contributed by atoms with Crippen molar-refractivity contribution in [3.05, 3.63) is 0 Å². The summed E-state index contributed by atoms with van der Waals surface area (Å²) >= 11 is 0. The smallest absolute Gasteiger partial charge is 0.223 e. The van der Waals surface area contributed by atoms with Gasteiger partial charge in [-0.05, 0) is 63.5 Å². The van der Waals surface area contributed by atoms with Crippen LogP contribution in [0.4, 0.5) is 0 Å². The summed E-state index contributed by atoms with van der Waals surface area (Å²) in [7, 11) is 0. The van der Waals surface area contributed by atoms with Crippen molar-refractivity contribution < 1.29 is 9.59 Å². The van der Waals surface area contributed by atoms with Gasteiger partial charge in [-0.15, -0.1) is 0 Å². The molecule has 0 atom stereocenters. The van der Waals surface area contributed by atoms with Crippen LogP contribution in [0.1, 0.15) is 84.5 Å². The lowest BCUT2D eigenvalue weighted by Crippen LogP contribution is -2.50. The van der Waals surface area contributed by atoms with Crippen LogP contribution in [0.25, 0.3) is 0 Å². The molecule has 0 radical (unpaired) electrons. The number of carbonyl (C=O) groups is 2. The first-order chi connectivity index (χ1) is 14.0. The zero-order chi connectivity index (χ0) is 20.6. The number of likely N-dealkylation sites (tertiary alicyclic amines) is 2. The van der Waals surface area contributed by atoms with E-state index in [2.05, 4.69) is 29.0 Å². The Bertz CT molecular complexity index is 514. The number of rotatable bonds is 8. The number of hydrogen-bond donors (Lipinski definition) is 1. The van der Waals surface area contributed by atoms with Crippen molar-refractivity contribution in [1.82, 2.24) is 15.1 Å². The summed E-state index contributed by atoms with van der Waals surface area (Å²) in [5.74, 6) is 2.27. The summed E-state index contributed by atoms with van der Waals surface area (Å²) in [5.41, 5.74) is 0. The molecule has 0 aromatic carbocycles. The molecule has 2 amide bonds. The monoisotopic (exact) mass is 405 g/mol. The Morgan fingerprint density at radius 3 is 2.21 bits per heavy atom. The van der Waals surface area contributed by atoms with Gasteiger partial charge in [-0.2, -0.15) is 0 Å². The van der Waals surface area contributed by atoms with Crippen molar-refractivity contribution >= 4 is 11.8 Å². The Morgan fingerprint density at radius 2 is 1.59 bits per heavy atom. The van der Waals surface area contributed by atoms with Gasteiger partial charge >= 0.3 is 0 Å². The molecule has 0 spiro atoms. The summed E-state index contributed by atoms with van der Waals surface area (Å²) in [4.78, 5) is 29.6. The predicted molar refractivity (Wildman–Crippen MR) is 118 cm³/mol. The minimum Gasteiger partial charge on any atom is -0.356 e. The number of carbonyl (C=O) groups excluding carboxylic acids is 2. The molecule has 3 fully saturated rings. The van der Waals surface area contributed by atoms with Crippen LogP contribution < -0.4 is 5.32 Å². The molecule has 3 rings (SSSR count). The Morgan fingerprint density at radius 1 is 0.931 bits per heavy atom.